The lowest BCUT2D eigenvalue weighted by atomic mass is 9.97. The maximum absolute atomic E-state index is 13.5. The van der Waals surface area contributed by atoms with E-state index in [9.17, 15) is 18.8 Å². The number of piperidine rings is 1. The van der Waals surface area contributed by atoms with Gasteiger partial charge in [-0.1, -0.05) is 11.6 Å². The zero-order valence-electron chi connectivity index (χ0n) is 17.4. The molecule has 3 amide bonds. The molecule has 0 spiro atoms. The lowest BCUT2D eigenvalue weighted by Crippen LogP contribution is -2.63. The predicted octanol–water partition coefficient (Wildman–Crippen LogP) is 1.99. The van der Waals surface area contributed by atoms with Gasteiger partial charge >= 0.3 is 6.09 Å². The number of nitrogens with two attached hydrogens (primary N) is 1. The van der Waals surface area contributed by atoms with E-state index in [0.717, 1.165) is 6.07 Å². The summed E-state index contributed by atoms with van der Waals surface area (Å²) >= 11 is 10.1. The van der Waals surface area contributed by atoms with Crippen LogP contribution < -0.4 is 21.3 Å². The quantitative estimate of drug-likeness (QED) is 0.169. The van der Waals surface area contributed by atoms with Gasteiger partial charge in [-0.05, 0) is 45.7 Å². The van der Waals surface area contributed by atoms with Crippen LogP contribution in [0.25, 0.3) is 0 Å². The van der Waals surface area contributed by atoms with Crippen LogP contribution in [-0.2, 0) is 14.3 Å². The summed E-state index contributed by atoms with van der Waals surface area (Å²) in [5.41, 5.74) is 1.25. The minimum atomic E-state index is -1.14. The van der Waals surface area contributed by atoms with Crippen LogP contribution in [-0.4, -0.2) is 52.5 Å². The molecule has 2 rings (SSSR count). The summed E-state index contributed by atoms with van der Waals surface area (Å²) in [6.45, 7) is 4.56. The van der Waals surface area contributed by atoms with Crippen molar-refractivity contribution in [3.8, 4) is 5.75 Å². The summed E-state index contributed by atoms with van der Waals surface area (Å²) in [7, 11) is 0. The largest absolute Gasteiger partial charge is 0.484 e. The molecular weight excluding hydrogens is 451 g/mol. The van der Waals surface area contributed by atoms with E-state index in [0.29, 0.717) is 0 Å². The van der Waals surface area contributed by atoms with E-state index < -0.39 is 46.8 Å². The van der Waals surface area contributed by atoms with Gasteiger partial charge in [0.2, 0.25) is 0 Å². The number of ether oxygens (including phenoxy) is 2. The Morgan fingerprint density at radius 1 is 1.39 bits per heavy atom. The molecule has 31 heavy (non-hydrogen) atoms. The molecule has 12 heteroatoms. The van der Waals surface area contributed by atoms with Gasteiger partial charge in [0.15, 0.2) is 6.61 Å². The number of benzene rings is 1. The number of amides is 3. The number of hydrogen-bond donors (Lipinski definition) is 4. The van der Waals surface area contributed by atoms with E-state index >= 15 is 0 Å². The molecule has 172 valence electrons. The fraction of sp³-hybridized carbons (Fsp3) is 0.526. The monoisotopic (exact) mass is 476 g/mol. The predicted molar refractivity (Wildman–Crippen MR) is 115 cm³/mol. The van der Waals surface area contributed by atoms with E-state index in [2.05, 4.69) is 17.9 Å². The first-order valence-corrected chi connectivity index (χ1v) is 10.3. The van der Waals surface area contributed by atoms with Crippen molar-refractivity contribution in [2.24, 2.45) is 5.84 Å². The summed E-state index contributed by atoms with van der Waals surface area (Å²) in [5.74, 6) is 3.59. The van der Waals surface area contributed by atoms with E-state index in [1.54, 1.807) is 20.8 Å². The van der Waals surface area contributed by atoms with Gasteiger partial charge in [0.1, 0.15) is 28.1 Å². The fourth-order valence-electron chi connectivity index (χ4n) is 3.00. The molecule has 1 saturated heterocycles. The summed E-state index contributed by atoms with van der Waals surface area (Å²) < 4.78 is 24.1. The maximum Gasteiger partial charge on any atom is 0.411 e. The van der Waals surface area contributed by atoms with Crippen molar-refractivity contribution in [3.63, 3.8) is 0 Å². The lowest BCUT2D eigenvalue weighted by molar-refractivity contribution is -0.129. The molecule has 1 aliphatic rings. The molecule has 2 atom stereocenters. The van der Waals surface area contributed by atoms with Crippen molar-refractivity contribution in [2.75, 3.05) is 13.2 Å². The summed E-state index contributed by atoms with van der Waals surface area (Å²) in [6.07, 6.45) is -0.272. The molecule has 0 radical (unpaired) electrons. The van der Waals surface area contributed by atoms with Gasteiger partial charge in [-0.3, -0.25) is 19.9 Å². The number of halogens is 2. The second-order valence-corrected chi connectivity index (χ2v) is 9.38. The standard InChI is InChI=1S/C19H26ClFN4O5S/c1-18(2,3)30-17(28)25-10-19(31,7-6-14(25)16(27)24-22)23-15(26)9-29-11-4-5-12(20)13(21)8-11/h4-5,8,14,31H,6-7,9-10,22H2,1-3H3,(H,23,26)(H,24,27)/t14?,19-/m0/s1. The average molecular weight is 477 g/mol. The Hall–Kier alpha value is -2.24. The van der Waals surface area contributed by atoms with Crippen LogP contribution in [0.15, 0.2) is 18.2 Å². The third-order valence-corrected chi connectivity index (χ3v) is 5.13. The van der Waals surface area contributed by atoms with Crippen molar-refractivity contribution in [3.05, 3.63) is 29.0 Å². The minimum absolute atomic E-state index is 0.0633. The molecular formula is C19H26ClFN4O5S. The van der Waals surface area contributed by atoms with Gasteiger partial charge in [0, 0.05) is 6.07 Å². The Kier molecular flexibility index (Phi) is 8.01. The third-order valence-electron chi connectivity index (χ3n) is 4.35. The van der Waals surface area contributed by atoms with Crippen molar-refractivity contribution in [1.82, 2.24) is 15.6 Å². The smallest absolute Gasteiger partial charge is 0.411 e. The molecule has 9 nitrogen and oxygen atoms in total. The van der Waals surface area contributed by atoms with Crippen molar-refractivity contribution >= 4 is 42.1 Å². The number of carbonyl (C=O) groups is 3. The second kappa shape index (κ2) is 9.92. The summed E-state index contributed by atoms with van der Waals surface area (Å²) in [5, 5.41) is 2.62. The number of rotatable bonds is 5. The first-order valence-electron chi connectivity index (χ1n) is 9.45. The molecule has 1 unspecified atom stereocenters. The van der Waals surface area contributed by atoms with Crippen LogP contribution in [0.2, 0.25) is 5.02 Å². The van der Waals surface area contributed by atoms with Crippen molar-refractivity contribution in [2.45, 2.75) is 50.1 Å². The normalized spacial score (nSPS) is 21.3. The van der Waals surface area contributed by atoms with E-state index in [-0.39, 0.29) is 30.2 Å². The highest BCUT2D eigenvalue weighted by atomic mass is 35.5. The van der Waals surface area contributed by atoms with Crippen molar-refractivity contribution in [1.29, 1.82) is 0 Å². The van der Waals surface area contributed by atoms with E-state index in [4.69, 9.17) is 26.9 Å². The Balaban J connectivity index is 2.05. The van der Waals surface area contributed by atoms with Crippen LogP contribution in [0, 0.1) is 5.82 Å². The van der Waals surface area contributed by atoms with Crippen LogP contribution >= 0.6 is 24.2 Å². The molecule has 0 bridgehead atoms. The van der Waals surface area contributed by atoms with Crippen LogP contribution in [0.1, 0.15) is 33.6 Å². The number of nitrogens with one attached hydrogen (secondary N) is 2. The molecule has 4 N–H and O–H groups in total. The van der Waals surface area contributed by atoms with E-state index in [1.807, 2.05) is 5.43 Å². The number of carbonyl (C=O) groups excluding carboxylic acids is 3. The maximum atomic E-state index is 13.5. The highest BCUT2D eigenvalue weighted by Crippen LogP contribution is 2.30. The number of hydrogen-bond acceptors (Lipinski definition) is 7. The van der Waals surface area contributed by atoms with Crippen LogP contribution in [0.5, 0.6) is 5.75 Å². The lowest BCUT2D eigenvalue weighted by Gasteiger charge is -2.44. The Labute approximate surface area is 190 Å². The molecule has 0 aliphatic carbocycles. The number of hydrazine groups is 1. The van der Waals surface area contributed by atoms with Gasteiger partial charge < -0.3 is 14.8 Å². The molecule has 0 saturated carbocycles. The summed E-state index contributed by atoms with van der Waals surface area (Å²) in [4.78, 5) is 37.2. The van der Waals surface area contributed by atoms with Gasteiger partial charge in [0.05, 0.1) is 11.6 Å². The topological polar surface area (TPSA) is 123 Å². The van der Waals surface area contributed by atoms with Crippen LogP contribution in [0.3, 0.4) is 0 Å². The molecule has 1 aromatic carbocycles. The van der Waals surface area contributed by atoms with E-state index in [1.165, 1.54) is 17.0 Å². The van der Waals surface area contributed by atoms with Crippen molar-refractivity contribution < 1.29 is 28.2 Å². The number of thiol groups is 1. The zero-order valence-corrected chi connectivity index (χ0v) is 19.1. The average Bonchev–Trinajstić information content (AvgIpc) is 2.66. The summed E-state index contributed by atoms with van der Waals surface area (Å²) in [6, 6.07) is 2.93. The van der Waals surface area contributed by atoms with Gasteiger partial charge in [0.25, 0.3) is 11.8 Å². The Morgan fingerprint density at radius 2 is 2.06 bits per heavy atom. The first-order chi connectivity index (χ1) is 14.3. The highest BCUT2D eigenvalue weighted by Gasteiger charge is 2.44. The molecule has 1 aromatic rings. The molecule has 1 heterocycles. The highest BCUT2D eigenvalue weighted by molar-refractivity contribution is 7.81. The SMILES string of the molecule is CC(C)(C)OC(=O)N1C[C@](S)(NC(=O)COc2ccc(Cl)c(F)c2)CCC1C(=O)NN. The third kappa shape index (κ3) is 7.15. The Morgan fingerprint density at radius 3 is 2.65 bits per heavy atom. The fourth-order valence-corrected chi connectivity index (χ4v) is 3.52. The molecule has 0 aromatic heterocycles. The number of nitrogens with zero attached hydrogens (tertiary/aromatic N) is 1. The van der Waals surface area contributed by atoms with Gasteiger partial charge in [-0.2, -0.15) is 0 Å². The molecule has 1 aliphatic heterocycles. The number of likely N-dealkylation sites (tertiary alicyclic amines) is 1. The second-order valence-electron chi connectivity index (χ2n) is 8.12. The van der Waals surface area contributed by atoms with Crippen LogP contribution in [0.4, 0.5) is 9.18 Å². The Bertz CT molecular complexity index is 853. The first kappa shape index (κ1) is 25.0. The van der Waals surface area contributed by atoms with Gasteiger partial charge in [-0.15, -0.1) is 12.6 Å². The zero-order chi connectivity index (χ0) is 23.4. The molecule has 1 fully saturated rings. The van der Waals surface area contributed by atoms with Gasteiger partial charge in [-0.25, -0.2) is 15.0 Å². The minimum Gasteiger partial charge on any atom is -0.484 e.